The molecule has 3 aromatic rings. The molecule has 23 heavy (non-hydrogen) atoms. The highest BCUT2D eigenvalue weighted by molar-refractivity contribution is 6.16. The molecule has 4 heteroatoms. The zero-order chi connectivity index (χ0) is 16.2. The molecule has 0 aliphatic heterocycles. The van der Waals surface area contributed by atoms with E-state index in [9.17, 15) is 4.79 Å². The molecule has 0 radical (unpaired) electrons. The predicted octanol–water partition coefficient (Wildman–Crippen LogP) is 3.34. The number of ether oxygens (including phenoxy) is 1. The van der Waals surface area contributed by atoms with Gasteiger partial charge in [-0.05, 0) is 44.4 Å². The van der Waals surface area contributed by atoms with Gasteiger partial charge in [0.15, 0.2) is 5.78 Å². The topological polar surface area (TPSA) is 45.3 Å². The summed E-state index contributed by atoms with van der Waals surface area (Å²) in [5.74, 6) is 0.796. The molecule has 1 N–H and O–H groups in total. The molecule has 2 aromatic carbocycles. The standard InChI is InChI=1S/C19H20N2O2/c1-21(2)11-12-23-15-9-7-14(8-10-15)19(22)17-13-20-18-6-4-3-5-16(17)18/h3-10,13,20H,11-12H2,1-2H3. The van der Waals surface area contributed by atoms with Gasteiger partial charge in [-0.3, -0.25) is 4.79 Å². The molecule has 4 nitrogen and oxygen atoms in total. The molecule has 118 valence electrons. The fourth-order valence-electron chi connectivity index (χ4n) is 2.46. The van der Waals surface area contributed by atoms with E-state index >= 15 is 0 Å². The Hall–Kier alpha value is -2.59. The van der Waals surface area contributed by atoms with E-state index in [2.05, 4.69) is 9.88 Å². The van der Waals surface area contributed by atoms with Crippen molar-refractivity contribution >= 4 is 16.7 Å². The first kappa shape index (κ1) is 15.3. The lowest BCUT2D eigenvalue weighted by atomic mass is 10.0. The Labute approximate surface area is 135 Å². The van der Waals surface area contributed by atoms with E-state index in [1.807, 2.05) is 62.6 Å². The van der Waals surface area contributed by atoms with E-state index in [0.29, 0.717) is 17.7 Å². The van der Waals surface area contributed by atoms with Crippen LogP contribution in [-0.2, 0) is 0 Å². The number of fused-ring (bicyclic) bond motifs is 1. The minimum Gasteiger partial charge on any atom is -0.492 e. The number of likely N-dealkylation sites (N-methyl/N-ethyl adjacent to an activating group) is 1. The van der Waals surface area contributed by atoms with Gasteiger partial charge in [0.2, 0.25) is 0 Å². The van der Waals surface area contributed by atoms with Gasteiger partial charge in [-0.15, -0.1) is 0 Å². The average molecular weight is 308 g/mol. The van der Waals surface area contributed by atoms with Crippen LogP contribution in [0.2, 0.25) is 0 Å². The summed E-state index contributed by atoms with van der Waals surface area (Å²) in [5, 5.41) is 0.948. The summed E-state index contributed by atoms with van der Waals surface area (Å²) in [4.78, 5) is 17.9. The molecule has 0 spiro atoms. The highest BCUT2D eigenvalue weighted by Gasteiger charge is 2.13. The third-order valence-corrected chi connectivity index (χ3v) is 3.76. The minimum absolute atomic E-state index is 0.0160. The van der Waals surface area contributed by atoms with E-state index in [-0.39, 0.29) is 5.78 Å². The first-order valence-corrected chi connectivity index (χ1v) is 7.63. The van der Waals surface area contributed by atoms with Crippen molar-refractivity contribution in [1.29, 1.82) is 0 Å². The fourth-order valence-corrected chi connectivity index (χ4v) is 2.46. The van der Waals surface area contributed by atoms with Crippen LogP contribution in [0, 0.1) is 0 Å². The van der Waals surface area contributed by atoms with Crippen LogP contribution < -0.4 is 4.74 Å². The van der Waals surface area contributed by atoms with Gasteiger partial charge >= 0.3 is 0 Å². The van der Waals surface area contributed by atoms with Crippen LogP contribution in [0.3, 0.4) is 0 Å². The van der Waals surface area contributed by atoms with Crippen molar-refractivity contribution in [3.05, 3.63) is 65.9 Å². The molecule has 0 amide bonds. The van der Waals surface area contributed by atoms with Crippen molar-refractivity contribution in [2.45, 2.75) is 0 Å². The molecule has 1 heterocycles. The van der Waals surface area contributed by atoms with E-state index < -0.39 is 0 Å². The van der Waals surface area contributed by atoms with E-state index in [0.717, 1.165) is 23.2 Å². The van der Waals surface area contributed by atoms with E-state index in [4.69, 9.17) is 4.74 Å². The molecular formula is C19H20N2O2. The average Bonchev–Trinajstić information content (AvgIpc) is 2.98. The maximum Gasteiger partial charge on any atom is 0.195 e. The number of hydrogen-bond donors (Lipinski definition) is 1. The summed E-state index contributed by atoms with van der Waals surface area (Å²) in [6.45, 7) is 1.48. The zero-order valence-electron chi connectivity index (χ0n) is 13.4. The van der Waals surface area contributed by atoms with Crippen LogP contribution in [-0.4, -0.2) is 42.9 Å². The summed E-state index contributed by atoms with van der Waals surface area (Å²) >= 11 is 0. The Kier molecular flexibility index (Phi) is 4.44. The Morgan fingerprint density at radius 1 is 1.09 bits per heavy atom. The number of hydrogen-bond acceptors (Lipinski definition) is 3. The van der Waals surface area contributed by atoms with Crippen molar-refractivity contribution < 1.29 is 9.53 Å². The summed E-state index contributed by atoms with van der Waals surface area (Å²) in [7, 11) is 4.01. The highest BCUT2D eigenvalue weighted by atomic mass is 16.5. The normalized spacial score (nSPS) is 11.1. The monoisotopic (exact) mass is 308 g/mol. The Morgan fingerprint density at radius 3 is 2.57 bits per heavy atom. The first-order valence-electron chi connectivity index (χ1n) is 7.63. The summed E-state index contributed by atoms with van der Waals surface area (Å²) in [5.41, 5.74) is 2.33. The number of nitrogens with one attached hydrogen (secondary N) is 1. The summed E-state index contributed by atoms with van der Waals surface area (Å²) in [6.07, 6.45) is 1.77. The number of aromatic nitrogens is 1. The number of ketones is 1. The summed E-state index contributed by atoms with van der Waals surface area (Å²) < 4.78 is 5.65. The molecule has 0 aliphatic rings. The molecule has 3 rings (SSSR count). The number of rotatable bonds is 6. The molecule has 1 aromatic heterocycles. The highest BCUT2D eigenvalue weighted by Crippen LogP contribution is 2.22. The molecule has 0 saturated carbocycles. The van der Waals surface area contributed by atoms with Gasteiger partial charge in [0.25, 0.3) is 0 Å². The van der Waals surface area contributed by atoms with Crippen molar-refractivity contribution in [3.63, 3.8) is 0 Å². The molecule has 0 bridgehead atoms. The summed E-state index contributed by atoms with van der Waals surface area (Å²) in [6, 6.07) is 15.1. The molecular weight excluding hydrogens is 288 g/mol. The second-order valence-electron chi connectivity index (χ2n) is 5.75. The van der Waals surface area contributed by atoms with Crippen molar-refractivity contribution in [2.75, 3.05) is 27.2 Å². The van der Waals surface area contributed by atoms with Crippen molar-refractivity contribution in [1.82, 2.24) is 9.88 Å². The zero-order valence-corrected chi connectivity index (χ0v) is 13.4. The smallest absolute Gasteiger partial charge is 0.195 e. The van der Waals surface area contributed by atoms with Crippen LogP contribution in [0.4, 0.5) is 0 Å². The van der Waals surface area contributed by atoms with E-state index in [1.54, 1.807) is 6.20 Å². The number of nitrogens with zero attached hydrogens (tertiary/aromatic N) is 1. The van der Waals surface area contributed by atoms with Gasteiger partial charge in [0, 0.05) is 34.8 Å². The fraction of sp³-hybridized carbons (Fsp3) is 0.211. The third-order valence-electron chi connectivity index (χ3n) is 3.76. The van der Waals surface area contributed by atoms with Crippen molar-refractivity contribution in [3.8, 4) is 5.75 Å². The van der Waals surface area contributed by atoms with Gasteiger partial charge in [-0.2, -0.15) is 0 Å². The maximum absolute atomic E-state index is 12.7. The molecule has 0 aliphatic carbocycles. The lowest BCUT2D eigenvalue weighted by Crippen LogP contribution is -2.19. The molecule has 0 fully saturated rings. The number of carbonyl (C=O) groups is 1. The third kappa shape index (κ3) is 3.43. The van der Waals surface area contributed by atoms with Crippen molar-refractivity contribution in [2.24, 2.45) is 0 Å². The number of aromatic amines is 1. The van der Waals surface area contributed by atoms with Crippen LogP contribution in [0.15, 0.2) is 54.7 Å². The Bertz CT molecular complexity index is 804. The van der Waals surface area contributed by atoms with Gasteiger partial charge < -0.3 is 14.6 Å². The van der Waals surface area contributed by atoms with Crippen LogP contribution >= 0.6 is 0 Å². The van der Waals surface area contributed by atoms with Gasteiger partial charge in [-0.25, -0.2) is 0 Å². The number of para-hydroxylation sites is 1. The quantitative estimate of drug-likeness (QED) is 0.710. The second-order valence-corrected chi connectivity index (χ2v) is 5.75. The maximum atomic E-state index is 12.7. The SMILES string of the molecule is CN(C)CCOc1ccc(C(=O)c2c[nH]c3ccccc23)cc1. The Morgan fingerprint density at radius 2 is 1.83 bits per heavy atom. The Balaban J connectivity index is 1.75. The molecule has 0 atom stereocenters. The first-order chi connectivity index (χ1) is 11.1. The van der Waals surface area contributed by atoms with Crippen LogP contribution in [0.5, 0.6) is 5.75 Å². The number of H-pyrrole nitrogens is 1. The molecule has 0 unspecified atom stereocenters. The van der Waals surface area contributed by atoms with Gasteiger partial charge in [0.1, 0.15) is 12.4 Å². The largest absolute Gasteiger partial charge is 0.492 e. The van der Waals surface area contributed by atoms with Gasteiger partial charge in [0.05, 0.1) is 0 Å². The number of carbonyl (C=O) groups excluding carboxylic acids is 1. The minimum atomic E-state index is 0.0160. The van der Waals surface area contributed by atoms with Crippen LogP contribution in [0.1, 0.15) is 15.9 Å². The lowest BCUT2D eigenvalue weighted by Gasteiger charge is -2.11. The second kappa shape index (κ2) is 6.67. The molecule has 0 saturated heterocycles. The predicted molar refractivity (Wildman–Crippen MR) is 92.2 cm³/mol. The number of benzene rings is 2. The lowest BCUT2D eigenvalue weighted by molar-refractivity contribution is 0.104. The van der Waals surface area contributed by atoms with Gasteiger partial charge in [-0.1, -0.05) is 18.2 Å². The van der Waals surface area contributed by atoms with Crippen LogP contribution in [0.25, 0.3) is 10.9 Å². The van der Waals surface area contributed by atoms with E-state index in [1.165, 1.54) is 0 Å².